The first kappa shape index (κ1) is 11.2. The second-order valence-electron chi connectivity index (χ2n) is 4.42. The first-order valence-corrected chi connectivity index (χ1v) is 6.14. The predicted octanol–water partition coefficient (Wildman–Crippen LogP) is 0.001000. The molecule has 1 aliphatic heterocycles. The molecule has 7 heteroatoms. The van der Waals surface area contributed by atoms with Crippen LogP contribution in [0.1, 0.15) is 12.8 Å². The predicted molar refractivity (Wildman–Crippen MR) is 68.3 cm³/mol. The Morgan fingerprint density at radius 2 is 2.06 bits per heavy atom. The van der Waals surface area contributed by atoms with E-state index < -0.39 is 0 Å². The van der Waals surface area contributed by atoms with Gasteiger partial charge in [-0.15, -0.1) is 0 Å². The summed E-state index contributed by atoms with van der Waals surface area (Å²) in [6, 6.07) is 0. The molecule has 0 bridgehead atoms. The average molecular weight is 248 g/mol. The zero-order chi connectivity index (χ0) is 12.5. The molecule has 1 fully saturated rings. The maximum Gasteiger partial charge on any atom is 0.165 e. The van der Waals surface area contributed by atoms with Crippen LogP contribution in [-0.4, -0.2) is 44.6 Å². The second-order valence-corrected chi connectivity index (χ2v) is 4.42. The number of hydrogen-bond donors (Lipinski definition) is 2. The zero-order valence-electron chi connectivity index (χ0n) is 10.1. The van der Waals surface area contributed by atoms with Crippen molar-refractivity contribution in [3.63, 3.8) is 0 Å². The van der Waals surface area contributed by atoms with Crippen LogP contribution in [0.25, 0.3) is 11.0 Å². The van der Waals surface area contributed by atoms with Crippen molar-refractivity contribution in [2.24, 2.45) is 0 Å². The third-order valence-electron chi connectivity index (χ3n) is 3.25. The summed E-state index contributed by atoms with van der Waals surface area (Å²) >= 11 is 0. The molecule has 1 saturated heterocycles. The molecular formula is C11H16N6O. The number of fused-ring (bicyclic) bond motifs is 1. The van der Waals surface area contributed by atoms with Gasteiger partial charge in [-0.1, -0.05) is 0 Å². The van der Waals surface area contributed by atoms with Crippen molar-refractivity contribution in [1.29, 1.82) is 0 Å². The summed E-state index contributed by atoms with van der Waals surface area (Å²) in [5.74, 6) is 1.29. The summed E-state index contributed by atoms with van der Waals surface area (Å²) in [7, 11) is 0. The third kappa shape index (κ3) is 1.67. The van der Waals surface area contributed by atoms with Crippen LogP contribution in [0.15, 0.2) is 6.33 Å². The lowest BCUT2D eigenvalue weighted by molar-refractivity contribution is 0.271. The van der Waals surface area contributed by atoms with Crippen LogP contribution in [-0.2, 0) is 6.54 Å². The third-order valence-corrected chi connectivity index (χ3v) is 3.25. The minimum absolute atomic E-state index is 0.0132. The van der Waals surface area contributed by atoms with Crippen molar-refractivity contribution < 1.29 is 5.11 Å². The SMILES string of the molecule is Nc1nn(CCO)c2ncnc(N3CCCC3)c12. The number of nitrogen functional groups attached to an aromatic ring is 1. The maximum absolute atomic E-state index is 9.01. The number of rotatable bonds is 3. The van der Waals surface area contributed by atoms with Gasteiger partial charge >= 0.3 is 0 Å². The monoisotopic (exact) mass is 248 g/mol. The van der Waals surface area contributed by atoms with Crippen LogP contribution in [0.4, 0.5) is 11.6 Å². The number of anilines is 2. The summed E-state index contributed by atoms with van der Waals surface area (Å²) < 4.78 is 1.63. The summed E-state index contributed by atoms with van der Waals surface area (Å²) in [5, 5.41) is 14.0. The van der Waals surface area contributed by atoms with Crippen molar-refractivity contribution in [1.82, 2.24) is 19.7 Å². The lowest BCUT2D eigenvalue weighted by Crippen LogP contribution is -2.19. The molecule has 3 rings (SSSR count). The van der Waals surface area contributed by atoms with Gasteiger partial charge in [0.15, 0.2) is 11.5 Å². The van der Waals surface area contributed by atoms with Crippen molar-refractivity contribution in [2.45, 2.75) is 19.4 Å². The molecule has 0 radical (unpaired) electrons. The van der Waals surface area contributed by atoms with Gasteiger partial charge in [0.25, 0.3) is 0 Å². The lowest BCUT2D eigenvalue weighted by atomic mass is 10.3. The average Bonchev–Trinajstić information content (AvgIpc) is 2.99. The Balaban J connectivity index is 2.14. The molecule has 2 aromatic rings. The van der Waals surface area contributed by atoms with Gasteiger partial charge in [-0.25, -0.2) is 14.6 Å². The van der Waals surface area contributed by atoms with Crippen molar-refractivity contribution in [2.75, 3.05) is 30.3 Å². The molecule has 96 valence electrons. The summed E-state index contributed by atoms with van der Waals surface area (Å²) in [6.45, 7) is 2.40. The normalized spacial score (nSPS) is 15.7. The van der Waals surface area contributed by atoms with E-state index in [0.717, 1.165) is 24.3 Å². The first-order valence-electron chi connectivity index (χ1n) is 6.14. The number of nitrogens with two attached hydrogens (primary N) is 1. The second kappa shape index (κ2) is 4.41. The van der Waals surface area contributed by atoms with E-state index in [4.69, 9.17) is 10.8 Å². The van der Waals surface area contributed by atoms with E-state index in [1.54, 1.807) is 4.68 Å². The molecule has 0 aliphatic carbocycles. The van der Waals surface area contributed by atoms with Gasteiger partial charge in [-0.2, -0.15) is 5.10 Å². The van der Waals surface area contributed by atoms with Crippen LogP contribution in [0, 0.1) is 0 Å². The summed E-state index contributed by atoms with van der Waals surface area (Å²) in [6.07, 6.45) is 3.89. The van der Waals surface area contributed by atoms with E-state index >= 15 is 0 Å². The van der Waals surface area contributed by atoms with Crippen molar-refractivity contribution in [3.8, 4) is 0 Å². The number of nitrogens with zero attached hydrogens (tertiary/aromatic N) is 5. The highest BCUT2D eigenvalue weighted by Gasteiger charge is 2.21. The molecule has 0 atom stereocenters. The fraction of sp³-hybridized carbons (Fsp3) is 0.545. The van der Waals surface area contributed by atoms with Gasteiger partial charge in [0.1, 0.15) is 17.5 Å². The Morgan fingerprint density at radius 3 is 2.78 bits per heavy atom. The zero-order valence-corrected chi connectivity index (χ0v) is 10.1. The Kier molecular flexibility index (Phi) is 2.75. The van der Waals surface area contributed by atoms with Crippen LogP contribution >= 0.6 is 0 Å². The Hall–Kier alpha value is -1.89. The molecular weight excluding hydrogens is 232 g/mol. The summed E-state index contributed by atoms with van der Waals surface area (Å²) in [4.78, 5) is 10.8. The van der Waals surface area contributed by atoms with Crippen molar-refractivity contribution >= 4 is 22.7 Å². The summed E-state index contributed by atoms with van der Waals surface area (Å²) in [5.41, 5.74) is 6.65. The fourth-order valence-electron chi connectivity index (χ4n) is 2.44. The van der Waals surface area contributed by atoms with E-state index in [2.05, 4.69) is 20.0 Å². The number of aliphatic hydroxyl groups excluding tert-OH is 1. The van der Waals surface area contributed by atoms with E-state index in [9.17, 15) is 0 Å². The molecule has 0 unspecified atom stereocenters. The molecule has 3 N–H and O–H groups in total. The van der Waals surface area contributed by atoms with Crippen LogP contribution < -0.4 is 10.6 Å². The molecule has 0 aromatic carbocycles. The quantitative estimate of drug-likeness (QED) is 0.794. The highest BCUT2D eigenvalue weighted by molar-refractivity contribution is 5.96. The lowest BCUT2D eigenvalue weighted by Gasteiger charge is -2.16. The Labute approximate surface area is 104 Å². The fourth-order valence-corrected chi connectivity index (χ4v) is 2.44. The smallest absolute Gasteiger partial charge is 0.165 e. The molecule has 7 nitrogen and oxygen atoms in total. The van der Waals surface area contributed by atoms with Crippen LogP contribution in [0.5, 0.6) is 0 Å². The van der Waals surface area contributed by atoms with Gasteiger partial charge in [-0.05, 0) is 12.8 Å². The van der Waals surface area contributed by atoms with E-state index in [1.807, 2.05) is 0 Å². The first-order chi connectivity index (χ1) is 8.81. The highest BCUT2D eigenvalue weighted by atomic mass is 16.3. The van der Waals surface area contributed by atoms with Crippen LogP contribution in [0.2, 0.25) is 0 Å². The molecule has 3 heterocycles. The molecule has 1 aliphatic rings. The Morgan fingerprint density at radius 1 is 1.28 bits per heavy atom. The van der Waals surface area contributed by atoms with Gasteiger partial charge in [0.2, 0.25) is 0 Å². The highest BCUT2D eigenvalue weighted by Crippen LogP contribution is 2.29. The van der Waals surface area contributed by atoms with Crippen molar-refractivity contribution in [3.05, 3.63) is 6.33 Å². The van der Waals surface area contributed by atoms with E-state index in [-0.39, 0.29) is 6.61 Å². The standard InChI is InChI=1S/C11H16N6O/c12-9-8-10(16-3-1-2-4-16)13-7-14-11(8)17(15-9)5-6-18/h7,18H,1-6H2,(H2,12,15). The largest absolute Gasteiger partial charge is 0.394 e. The van der Waals surface area contributed by atoms with Gasteiger partial charge in [-0.3, -0.25) is 0 Å². The van der Waals surface area contributed by atoms with Gasteiger partial charge < -0.3 is 15.7 Å². The van der Waals surface area contributed by atoms with E-state index in [1.165, 1.54) is 19.2 Å². The van der Waals surface area contributed by atoms with Crippen LogP contribution in [0.3, 0.4) is 0 Å². The van der Waals surface area contributed by atoms with E-state index in [0.29, 0.717) is 18.0 Å². The Bertz CT molecular complexity index is 560. The minimum Gasteiger partial charge on any atom is -0.394 e. The minimum atomic E-state index is 0.0132. The number of hydrogen-bond acceptors (Lipinski definition) is 6. The molecule has 0 saturated carbocycles. The molecule has 18 heavy (non-hydrogen) atoms. The van der Waals surface area contributed by atoms with Gasteiger partial charge in [0, 0.05) is 13.1 Å². The topological polar surface area (TPSA) is 93.1 Å². The van der Waals surface area contributed by atoms with Gasteiger partial charge in [0.05, 0.1) is 13.2 Å². The number of aliphatic hydroxyl groups is 1. The molecule has 2 aromatic heterocycles. The maximum atomic E-state index is 9.01. The molecule has 0 amide bonds. The molecule has 0 spiro atoms. The number of aromatic nitrogens is 4.